The SMILES string of the molecule is COc1cccc(CC(=O)c2ccc3c(c2)COC3)c1. The van der Waals surface area contributed by atoms with Crippen LogP contribution in [0.25, 0.3) is 0 Å². The van der Waals surface area contributed by atoms with Gasteiger partial charge >= 0.3 is 0 Å². The fourth-order valence-corrected chi connectivity index (χ4v) is 2.42. The molecule has 20 heavy (non-hydrogen) atoms. The Morgan fingerprint density at radius 1 is 1.15 bits per heavy atom. The van der Waals surface area contributed by atoms with Crippen LogP contribution in [0.2, 0.25) is 0 Å². The second kappa shape index (κ2) is 5.47. The summed E-state index contributed by atoms with van der Waals surface area (Å²) in [5, 5.41) is 0. The minimum Gasteiger partial charge on any atom is -0.497 e. The lowest BCUT2D eigenvalue weighted by Gasteiger charge is -2.05. The number of hydrogen-bond acceptors (Lipinski definition) is 3. The van der Waals surface area contributed by atoms with E-state index in [0.717, 1.165) is 22.4 Å². The molecule has 1 heterocycles. The van der Waals surface area contributed by atoms with Gasteiger partial charge in [0.2, 0.25) is 0 Å². The second-order valence-corrected chi connectivity index (χ2v) is 4.93. The molecule has 0 N–H and O–H groups in total. The standard InChI is InChI=1S/C17H16O3/c1-19-16-4-2-3-12(7-16)8-17(18)13-5-6-14-10-20-11-15(14)9-13/h2-7,9H,8,10-11H2,1H3. The highest BCUT2D eigenvalue weighted by Gasteiger charge is 2.14. The van der Waals surface area contributed by atoms with Crippen molar-refractivity contribution in [2.45, 2.75) is 19.6 Å². The molecule has 0 spiro atoms. The number of benzene rings is 2. The summed E-state index contributed by atoms with van der Waals surface area (Å²) in [5.41, 5.74) is 4.02. The Morgan fingerprint density at radius 2 is 2.00 bits per heavy atom. The molecule has 3 heteroatoms. The van der Waals surface area contributed by atoms with Crippen molar-refractivity contribution in [2.75, 3.05) is 7.11 Å². The van der Waals surface area contributed by atoms with E-state index in [0.29, 0.717) is 19.6 Å². The van der Waals surface area contributed by atoms with Gasteiger partial charge in [-0.3, -0.25) is 4.79 Å². The number of methoxy groups -OCH3 is 1. The first-order valence-electron chi connectivity index (χ1n) is 6.62. The number of carbonyl (C=O) groups excluding carboxylic acids is 1. The molecule has 102 valence electrons. The van der Waals surface area contributed by atoms with Gasteiger partial charge in [0.1, 0.15) is 5.75 Å². The van der Waals surface area contributed by atoms with Crippen LogP contribution >= 0.6 is 0 Å². The maximum atomic E-state index is 12.3. The highest BCUT2D eigenvalue weighted by atomic mass is 16.5. The Kier molecular flexibility index (Phi) is 3.52. The Hall–Kier alpha value is -2.13. The lowest BCUT2D eigenvalue weighted by atomic mass is 9.99. The van der Waals surface area contributed by atoms with Gasteiger partial charge in [0.05, 0.1) is 20.3 Å². The van der Waals surface area contributed by atoms with Gasteiger partial charge in [-0.2, -0.15) is 0 Å². The van der Waals surface area contributed by atoms with E-state index in [1.54, 1.807) is 7.11 Å². The minimum atomic E-state index is 0.118. The van der Waals surface area contributed by atoms with Crippen molar-refractivity contribution in [2.24, 2.45) is 0 Å². The second-order valence-electron chi connectivity index (χ2n) is 4.93. The van der Waals surface area contributed by atoms with Gasteiger partial charge < -0.3 is 9.47 Å². The number of hydrogen-bond donors (Lipinski definition) is 0. The zero-order valence-corrected chi connectivity index (χ0v) is 11.4. The predicted molar refractivity (Wildman–Crippen MR) is 76.0 cm³/mol. The van der Waals surface area contributed by atoms with Crippen LogP contribution in [0, 0.1) is 0 Å². The van der Waals surface area contributed by atoms with E-state index in [2.05, 4.69) is 0 Å². The van der Waals surface area contributed by atoms with Crippen LogP contribution < -0.4 is 4.74 Å². The van der Waals surface area contributed by atoms with Crippen LogP contribution in [0.15, 0.2) is 42.5 Å². The average molecular weight is 268 g/mol. The molecule has 0 aromatic heterocycles. The number of ketones is 1. The van der Waals surface area contributed by atoms with Crippen LogP contribution in [0.3, 0.4) is 0 Å². The summed E-state index contributed by atoms with van der Waals surface area (Å²) in [4.78, 5) is 12.3. The number of carbonyl (C=O) groups is 1. The first kappa shape index (κ1) is 12.9. The Bertz CT molecular complexity index is 646. The van der Waals surface area contributed by atoms with E-state index in [4.69, 9.17) is 9.47 Å². The monoisotopic (exact) mass is 268 g/mol. The largest absolute Gasteiger partial charge is 0.497 e. The number of Topliss-reactive ketones (excluding diaryl/α,β-unsaturated/α-hetero) is 1. The van der Waals surface area contributed by atoms with Crippen molar-refractivity contribution >= 4 is 5.78 Å². The third-order valence-electron chi connectivity index (χ3n) is 3.54. The predicted octanol–water partition coefficient (Wildman–Crippen LogP) is 3.15. The summed E-state index contributed by atoms with van der Waals surface area (Å²) in [6.07, 6.45) is 0.386. The molecule has 2 aromatic carbocycles. The van der Waals surface area contributed by atoms with Crippen molar-refractivity contribution in [3.05, 3.63) is 64.7 Å². The Balaban J connectivity index is 1.79. The lowest BCUT2D eigenvalue weighted by molar-refractivity contribution is 0.0993. The van der Waals surface area contributed by atoms with Crippen molar-refractivity contribution in [3.8, 4) is 5.75 Å². The third-order valence-corrected chi connectivity index (χ3v) is 3.54. The summed E-state index contributed by atoms with van der Waals surface area (Å²) in [5.74, 6) is 0.894. The van der Waals surface area contributed by atoms with Crippen LogP contribution in [0.5, 0.6) is 5.75 Å². The van der Waals surface area contributed by atoms with E-state index in [9.17, 15) is 4.79 Å². The fourth-order valence-electron chi connectivity index (χ4n) is 2.42. The van der Waals surface area contributed by atoms with Gasteiger partial charge in [0.25, 0.3) is 0 Å². The smallest absolute Gasteiger partial charge is 0.167 e. The average Bonchev–Trinajstić information content (AvgIpc) is 2.94. The maximum absolute atomic E-state index is 12.3. The number of fused-ring (bicyclic) bond motifs is 1. The normalized spacial score (nSPS) is 13.1. The van der Waals surface area contributed by atoms with Crippen LogP contribution in [-0.2, 0) is 24.4 Å². The minimum absolute atomic E-state index is 0.118. The van der Waals surface area contributed by atoms with E-state index >= 15 is 0 Å². The quantitative estimate of drug-likeness (QED) is 0.799. The van der Waals surface area contributed by atoms with Gasteiger partial charge in [0, 0.05) is 12.0 Å². The molecule has 0 amide bonds. The zero-order chi connectivity index (χ0) is 13.9. The number of ether oxygens (including phenoxy) is 2. The molecule has 1 aliphatic heterocycles. The zero-order valence-electron chi connectivity index (χ0n) is 11.4. The molecule has 0 radical (unpaired) electrons. The molecular formula is C17H16O3. The van der Waals surface area contributed by atoms with E-state index < -0.39 is 0 Å². The van der Waals surface area contributed by atoms with Gasteiger partial charge in [-0.25, -0.2) is 0 Å². The van der Waals surface area contributed by atoms with Gasteiger partial charge in [-0.1, -0.05) is 24.3 Å². The molecule has 3 rings (SSSR count). The van der Waals surface area contributed by atoms with Crippen LogP contribution in [0.1, 0.15) is 27.0 Å². The van der Waals surface area contributed by atoms with Crippen molar-refractivity contribution in [1.82, 2.24) is 0 Å². The van der Waals surface area contributed by atoms with Crippen molar-refractivity contribution < 1.29 is 14.3 Å². The highest BCUT2D eigenvalue weighted by molar-refractivity contribution is 5.97. The van der Waals surface area contributed by atoms with E-state index in [-0.39, 0.29) is 5.78 Å². The molecule has 1 aliphatic rings. The van der Waals surface area contributed by atoms with Crippen LogP contribution in [-0.4, -0.2) is 12.9 Å². The summed E-state index contributed by atoms with van der Waals surface area (Å²) in [6.45, 7) is 1.26. The molecule has 0 aliphatic carbocycles. The first-order valence-corrected chi connectivity index (χ1v) is 6.62. The summed E-state index contributed by atoms with van der Waals surface area (Å²) in [7, 11) is 1.63. The molecule has 0 unspecified atom stereocenters. The molecule has 3 nitrogen and oxygen atoms in total. The van der Waals surface area contributed by atoms with Crippen LogP contribution in [0.4, 0.5) is 0 Å². The molecule has 0 saturated heterocycles. The first-order chi connectivity index (χ1) is 9.76. The molecule has 2 aromatic rings. The molecule has 0 atom stereocenters. The van der Waals surface area contributed by atoms with E-state index in [1.165, 1.54) is 5.56 Å². The molecular weight excluding hydrogens is 252 g/mol. The number of rotatable bonds is 4. The van der Waals surface area contributed by atoms with Crippen molar-refractivity contribution in [1.29, 1.82) is 0 Å². The van der Waals surface area contributed by atoms with E-state index in [1.807, 2.05) is 42.5 Å². The Labute approximate surface area is 118 Å². The highest BCUT2D eigenvalue weighted by Crippen LogP contribution is 2.22. The molecule has 0 fully saturated rings. The van der Waals surface area contributed by atoms with Gasteiger partial charge in [-0.15, -0.1) is 0 Å². The summed E-state index contributed by atoms with van der Waals surface area (Å²) >= 11 is 0. The lowest BCUT2D eigenvalue weighted by Crippen LogP contribution is -2.04. The van der Waals surface area contributed by atoms with Gasteiger partial charge in [0.15, 0.2) is 5.78 Å². The van der Waals surface area contributed by atoms with Crippen molar-refractivity contribution in [3.63, 3.8) is 0 Å². The van der Waals surface area contributed by atoms with Gasteiger partial charge in [-0.05, 0) is 34.9 Å². The Morgan fingerprint density at radius 3 is 2.85 bits per heavy atom. The summed E-state index contributed by atoms with van der Waals surface area (Å²) < 4.78 is 10.5. The maximum Gasteiger partial charge on any atom is 0.167 e. The summed E-state index contributed by atoms with van der Waals surface area (Å²) in [6, 6.07) is 13.4. The topological polar surface area (TPSA) is 35.5 Å². The molecule has 0 saturated carbocycles. The fraction of sp³-hybridized carbons (Fsp3) is 0.235. The molecule has 0 bridgehead atoms. The third kappa shape index (κ3) is 2.58.